The number of piperazine rings is 1. The maximum Gasteiger partial charge on any atom is 0.294 e. The van der Waals surface area contributed by atoms with Crippen LogP contribution in [0.3, 0.4) is 0 Å². The quantitative estimate of drug-likeness (QED) is 0.674. The number of hydrogen-bond donors (Lipinski definition) is 1. The predicted molar refractivity (Wildman–Crippen MR) is 78.6 cm³/mol. The molecule has 0 unspecified atom stereocenters. The van der Waals surface area contributed by atoms with Crippen LogP contribution in [0.15, 0.2) is 18.2 Å². The van der Waals surface area contributed by atoms with E-state index < -0.39 is 0 Å². The topological polar surface area (TPSA) is 61.7 Å². The van der Waals surface area contributed by atoms with E-state index in [1.54, 1.807) is 12.1 Å². The molecule has 20 heavy (non-hydrogen) atoms. The van der Waals surface area contributed by atoms with Crippen molar-refractivity contribution in [3.8, 4) is 0 Å². The summed E-state index contributed by atoms with van der Waals surface area (Å²) in [4.78, 5) is 15.3. The predicted octanol–water partition coefficient (Wildman–Crippen LogP) is 1.34. The van der Waals surface area contributed by atoms with Gasteiger partial charge < -0.3 is 10.2 Å². The minimum absolute atomic E-state index is 0.0938. The summed E-state index contributed by atoms with van der Waals surface area (Å²) in [5, 5.41) is 14.8. The molecule has 0 atom stereocenters. The average Bonchev–Trinajstić information content (AvgIpc) is 2.38. The number of nitrogens with one attached hydrogen (secondary N) is 1. The highest BCUT2D eigenvalue weighted by Gasteiger charge is 2.29. The molecule has 0 radical (unpaired) electrons. The van der Waals surface area contributed by atoms with Gasteiger partial charge in [0.05, 0.1) is 4.92 Å². The maximum absolute atomic E-state index is 11.1. The highest BCUT2D eigenvalue weighted by Crippen LogP contribution is 2.31. The summed E-state index contributed by atoms with van der Waals surface area (Å²) in [6.07, 6.45) is 0. The SMILES string of the molecule is O=[N+]([O-])c1cc(Cl)ccc1N1CCN(C2CNC2)CC1. The lowest BCUT2D eigenvalue weighted by Gasteiger charge is -2.43. The van der Waals surface area contributed by atoms with Crippen molar-refractivity contribution in [3.63, 3.8) is 0 Å². The molecule has 0 saturated carbocycles. The van der Waals surface area contributed by atoms with Crippen molar-refractivity contribution < 1.29 is 4.92 Å². The molecule has 2 saturated heterocycles. The van der Waals surface area contributed by atoms with E-state index in [2.05, 4.69) is 15.1 Å². The third-order valence-electron chi connectivity index (χ3n) is 4.07. The standard InChI is InChI=1S/C13H17ClN4O2/c14-10-1-2-12(13(7-10)18(19)20)17-5-3-16(4-6-17)11-8-15-9-11/h1-2,7,11,15H,3-6,8-9H2. The van der Waals surface area contributed by atoms with Crippen molar-refractivity contribution in [2.75, 3.05) is 44.2 Å². The lowest BCUT2D eigenvalue weighted by molar-refractivity contribution is -0.384. The minimum Gasteiger partial charge on any atom is -0.363 e. The second kappa shape index (κ2) is 5.55. The van der Waals surface area contributed by atoms with Gasteiger partial charge in [-0.2, -0.15) is 0 Å². The van der Waals surface area contributed by atoms with Gasteiger partial charge in [0.2, 0.25) is 0 Å². The van der Waals surface area contributed by atoms with Crippen molar-refractivity contribution in [3.05, 3.63) is 33.3 Å². The van der Waals surface area contributed by atoms with Crippen LogP contribution in [0.2, 0.25) is 5.02 Å². The molecule has 2 heterocycles. The van der Waals surface area contributed by atoms with Crippen molar-refractivity contribution >= 4 is 23.0 Å². The van der Waals surface area contributed by atoms with Crippen LogP contribution < -0.4 is 10.2 Å². The number of benzene rings is 1. The molecular formula is C13H17ClN4O2. The molecule has 0 amide bonds. The minimum atomic E-state index is -0.358. The van der Waals surface area contributed by atoms with Gasteiger partial charge in [-0.05, 0) is 12.1 Å². The molecule has 7 heteroatoms. The van der Waals surface area contributed by atoms with E-state index in [1.807, 2.05) is 0 Å². The van der Waals surface area contributed by atoms with E-state index in [4.69, 9.17) is 11.6 Å². The van der Waals surface area contributed by atoms with Crippen LogP contribution >= 0.6 is 11.6 Å². The monoisotopic (exact) mass is 296 g/mol. The number of rotatable bonds is 3. The summed E-state index contributed by atoms with van der Waals surface area (Å²) < 4.78 is 0. The molecule has 1 N–H and O–H groups in total. The summed E-state index contributed by atoms with van der Waals surface area (Å²) in [5.41, 5.74) is 0.766. The maximum atomic E-state index is 11.1. The second-order valence-electron chi connectivity index (χ2n) is 5.23. The van der Waals surface area contributed by atoms with Gasteiger partial charge in [0.25, 0.3) is 5.69 Å². The largest absolute Gasteiger partial charge is 0.363 e. The van der Waals surface area contributed by atoms with Crippen LogP contribution in [-0.4, -0.2) is 55.1 Å². The fourth-order valence-electron chi connectivity index (χ4n) is 2.77. The molecule has 2 aliphatic rings. The van der Waals surface area contributed by atoms with Gasteiger partial charge in [-0.25, -0.2) is 0 Å². The van der Waals surface area contributed by atoms with Gasteiger partial charge in [0.15, 0.2) is 0 Å². The Bertz CT molecular complexity index is 513. The Hall–Kier alpha value is -1.37. The molecular weight excluding hydrogens is 280 g/mol. The Labute approximate surface area is 122 Å². The van der Waals surface area contributed by atoms with Crippen LogP contribution in [-0.2, 0) is 0 Å². The number of nitro benzene ring substituents is 1. The third kappa shape index (κ3) is 2.59. The first kappa shape index (κ1) is 13.6. The highest BCUT2D eigenvalue weighted by molar-refractivity contribution is 6.30. The van der Waals surface area contributed by atoms with Crippen LogP contribution in [0.25, 0.3) is 0 Å². The number of hydrogen-bond acceptors (Lipinski definition) is 5. The lowest BCUT2D eigenvalue weighted by atomic mass is 10.1. The number of anilines is 1. The average molecular weight is 297 g/mol. The fourth-order valence-corrected chi connectivity index (χ4v) is 2.94. The Morgan fingerprint density at radius 2 is 1.95 bits per heavy atom. The van der Waals surface area contributed by atoms with Crippen LogP contribution in [0.4, 0.5) is 11.4 Å². The Balaban J connectivity index is 1.72. The van der Waals surface area contributed by atoms with E-state index in [1.165, 1.54) is 6.07 Å². The van der Waals surface area contributed by atoms with Gasteiger partial charge in [-0.1, -0.05) is 11.6 Å². The summed E-state index contributed by atoms with van der Waals surface area (Å²) in [5.74, 6) is 0. The Kier molecular flexibility index (Phi) is 3.78. The summed E-state index contributed by atoms with van der Waals surface area (Å²) in [6, 6.07) is 5.53. The van der Waals surface area contributed by atoms with E-state index in [9.17, 15) is 10.1 Å². The van der Waals surface area contributed by atoms with Gasteiger partial charge in [0, 0.05) is 56.4 Å². The first-order chi connectivity index (χ1) is 9.65. The molecule has 6 nitrogen and oxygen atoms in total. The van der Waals surface area contributed by atoms with Crippen LogP contribution in [0.5, 0.6) is 0 Å². The van der Waals surface area contributed by atoms with E-state index in [-0.39, 0.29) is 10.6 Å². The molecule has 2 fully saturated rings. The number of nitro groups is 1. The van der Waals surface area contributed by atoms with Crippen LogP contribution in [0.1, 0.15) is 0 Å². The van der Waals surface area contributed by atoms with Gasteiger partial charge in [0.1, 0.15) is 5.69 Å². The van der Waals surface area contributed by atoms with Gasteiger partial charge in [-0.15, -0.1) is 0 Å². The molecule has 0 spiro atoms. The van der Waals surface area contributed by atoms with E-state index in [0.717, 1.165) is 39.3 Å². The smallest absolute Gasteiger partial charge is 0.294 e. The number of halogens is 1. The molecule has 0 bridgehead atoms. The Morgan fingerprint density at radius 1 is 1.25 bits per heavy atom. The van der Waals surface area contributed by atoms with Crippen LogP contribution in [0, 0.1) is 10.1 Å². The fraction of sp³-hybridized carbons (Fsp3) is 0.538. The van der Waals surface area contributed by atoms with Crippen molar-refractivity contribution in [2.24, 2.45) is 0 Å². The zero-order chi connectivity index (χ0) is 14.1. The number of nitrogens with zero attached hydrogens (tertiary/aromatic N) is 3. The molecule has 1 aromatic carbocycles. The lowest BCUT2D eigenvalue weighted by Crippen LogP contribution is -2.61. The van der Waals surface area contributed by atoms with Crippen molar-refractivity contribution in [1.82, 2.24) is 10.2 Å². The zero-order valence-electron chi connectivity index (χ0n) is 11.1. The zero-order valence-corrected chi connectivity index (χ0v) is 11.8. The third-order valence-corrected chi connectivity index (χ3v) is 4.30. The van der Waals surface area contributed by atoms with E-state index >= 15 is 0 Å². The van der Waals surface area contributed by atoms with Crippen molar-refractivity contribution in [1.29, 1.82) is 0 Å². The first-order valence-corrected chi connectivity index (χ1v) is 7.16. The molecule has 3 rings (SSSR count). The Morgan fingerprint density at radius 3 is 2.50 bits per heavy atom. The molecule has 0 aromatic heterocycles. The highest BCUT2D eigenvalue weighted by atomic mass is 35.5. The second-order valence-corrected chi connectivity index (χ2v) is 5.66. The normalized spacial score (nSPS) is 20.8. The summed E-state index contributed by atoms with van der Waals surface area (Å²) >= 11 is 5.85. The van der Waals surface area contributed by atoms with Crippen molar-refractivity contribution in [2.45, 2.75) is 6.04 Å². The molecule has 108 valence electrons. The first-order valence-electron chi connectivity index (χ1n) is 6.79. The van der Waals surface area contributed by atoms with E-state index in [0.29, 0.717) is 16.8 Å². The van der Waals surface area contributed by atoms with Gasteiger partial charge in [-0.3, -0.25) is 15.0 Å². The summed E-state index contributed by atoms with van der Waals surface area (Å²) in [6.45, 7) is 5.65. The molecule has 2 aliphatic heterocycles. The molecule has 0 aliphatic carbocycles. The molecule has 1 aromatic rings. The summed E-state index contributed by atoms with van der Waals surface area (Å²) in [7, 11) is 0. The van der Waals surface area contributed by atoms with Gasteiger partial charge >= 0.3 is 0 Å².